The maximum absolute atomic E-state index is 13.3. The highest BCUT2D eigenvalue weighted by Gasteiger charge is 2.50. The molecular formula is C34H36Cl6O8. The minimum atomic E-state index is -1.64. The summed E-state index contributed by atoms with van der Waals surface area (Å²) in [6, 6.07) is 2.27. The molecule has 0 bridgehead atoms. The number of carbonyl (C=O) groups is 4. The Bertz CT molecular complexity index is 1510. The van der Waals surface area contributed by atoms with Crippen LogP contribution >= 0.6 is 69.6 Å². The summed E-state index contributed by atoms with van der Waals surface area (Å²) in [5.41, 5.74) is -1.29. The van der Waals surface area contributed by atoms with Gasteiger partial charge in [-0.3, -0.25) is 0 Å². The highest BCUT2D eigenvalue weighted by Crippen LogP contribution is 2.55. The van der Waals surface area contributed by atoms with Gasteiger partial charge < -0.3 is 18.9 Å². The predicted octanol–water partition coefficient (Wildman–Crippen LogP) is 10.6. The van der Waals surface area contributed by atoms with Gasteiger partial charge in [0.25, 0.3) is 0 Å². The number of hydrogen-bond donors (Lipinski definition) is 0. The number of esters is 4. The normalized spacial score (nSPS) is 17.0. The number of rotatable bonds is 12. The van der Waals surface area contributed by atoms with Crippen LogP contribution in [0.3, 0.4) is 0 Å². The highest BCUT2D eigenvalue weighted by molar-refractivity contribution is 6.47. The molecule has 2 aliphatic carbocycles. The molecule has 2 unspecified atom stereocenters. The van der Waals surface area contributed by atoms with Crippen LogP contribution in [0.5, 0.6) is 11.5 Å². The van der Waals surface area contributed by atoms with Crippen molar-refractivity contribution in [2.75, 3.05) is 13.2 Å². The molecule has 2 aromatic carbocycles. The van der Waals surface area contributed by atoms with Crippen molar-refractivity contribution in [2.24, 2.45) is 34.5 Å². The highest BCUT2D eigenvalue weighted by atomic mass is 35.5. The Morgan fingerprint density at radius 2 is 0.896 bits per heavy atom. The molecule has 8 nitrogen and oxygen atoms in total. The Morgan fingerprint density at radius 1 is 0.583 bits per heavy atom. The van der Waals surface area contributed by atoms with E-state index in [4.69, 9.17) is 88.6 Å². The molecule has 2 aliphatic rings. The fourth-order valence-corrected chi connectivity index (χ4v) is 7.19. The maximum atomic E-state index is 13.3. The zero-order chi connectivity index (χ0) is 35.9. The van der Waals surface area contributed by atoms with Crippen molar-refractivity contribution in [3.05, 3.63) is 53.4 Å². The van der Waals surface area contributed by atoms with Crippen LogP contribution in [0.4, 0.5) is 0 Å². The third-order valence-electron chi connectivity index (χ3n) is 9.92. The van der Waals surface area contributed by atoms with Crippen LogP contribution in [0.25, 0.3) is 0 Å². The fourth-order valence-electron chi connectivity index (χ4n) is 5.75. The number of carbonyl (C=O) groups excluding carboxylic acids is 4. The lowest BCUT2D eigenvalue weighted by Gasteiger charge is -2.26. The number of halogens is 6. The van der Waals surface area contributed by atoms with Gasteiger partial charge in [0.2, 0.25) is 0 Å². The van der Waals surface area contributed by atoms with Gasteiger partial charge in [-0.05, 0) is 61.5 Å². The first-order valence-corrected chi connectivity index (χ1v) is 17.8. The van der Waals surface area contributed by atoms with E-state index in [1.54, 1.807) is 0 Å². The lowest BCUT2D eigenvalue weighted by atomic mass is 9.83. The predicted molar refractivity (Wildman–Crippen MR) is 186 cm³/mol. The van der Waals surface area contributed by atoms with E-state index in [0.29, 0.717) is 11.8 Å². The van der Waals surface area contributed by atoms with Gasteiger partial charge in [-0.1, -0.05) is 111 Å². The molecule has 0 N–H and O–H groups in total. The smallest absolute Gasteiger partial charge is 0.423 e. The van der Waals surface area contributed by atoms with Gasteiger partial charge >= 0.3 is 23.9 Å². The molecule has 2 saturated carbocycles. The van der Waals surface area contributed by atoms with Gasteiger partial charge in [-0.25, -0.2) is 19.2 Å². The molecule has 14 heteroatoms. The molecule has 2 aromatic rings. The first kappa shape index (κ1) is 38.9. The molecule has 0 aliphatic heterocycles. The minimum absolute atomic E-state index is 0.0905. The second-order valence-corrected chi connectivity index (χ2v) is 15.8. The summed E-state index contributed by atoms with van der Waals surface area (Å²) >= 11 is 37.7. The third-order valence-corrected chi connectivity index (χ3v) is 12.1. The van der Waals surface area contributed by atoms with E-state index in [1.807, 2.05) is 0 Å². The summed E-state index contributed by atoms with van der Waals surface area (Å²) in [6.07, 6.45) is 3.51. The molecule has 4 rings (SSSR count). The maximum Gasteiger partial charge on any atom is 0.423 e. The third kappa shape index (κ3) is 8.16. The van der Waals surface area contributed by atoms with Crippen molar-refractivity contribution in [1.82, 2.24) is 0 Å². The second kappa shape index (κ2) is 15.1. The number of benzene rings is 2. The van der Waals surface area contributed by atoms with Crippen molar-refractivity contribution in [2.45, 2.75) is 67.2 Å². The number of ether oxygens (including phenoxy) is 4. The lowest BCUT2D eigenvalue weighted by Crippen LogP contribution is -2.28. The van der Waals surface area contributed by atoms with Crippen LogP contribution in [0.2, 0.25) is 30.1 Å². The van der Waals surface area contributed by atoms with Crippen LogP contribution < -0.4 is 9.47 Å². The number of hydrogen-bond acceptors (Lipinski definition) is 8. The molecule has 0 radical (unpaired) electrons. The van der Waals surface area contributed by atoms with Crippen LogP contribution in [0.15, 0.2) is 12.1 Å². The summed E-state index contributed by atoms with van der Waals surface area (Å²) in [7, 11) is 0. The topological polar surface area (TPSA) is 105 Å². The van der Waals surface area contributed by atoms with Crippen LogP contribution in [0, 0.1) is 34.5 Å². The largest absolute Gasteiger partial charge is 0.461 e. The van der Waals surface area contributed by atoms with E-state index in [2.05, 4.69) is 41.5 Å². The van der Waals surface area contributed by atoms with Crippen molar-refractivity contribution < 1.29 is 38.1 Å². The molecule has 2 atom stereocenters. The van der Waals surface area contributed by atoms with Crippen molar-refractivity contribution in [1.29, 1.82) is 0 Å². The SMILES string of the molecule is CC(C)C(C)C1(COC(=O)c2c(Cl)c(Cl)cc(Cl)c2OC(=O)C(=O)Oc2c(Cl)cc(Cl)c(Cl)c2C(=O)OCC2(C(C)C(C)C)CC2)CC1. The summed E-state index contributed by atoms with van der Waals surface area (Å²) in [6.45, 7) is 12.7. The molecule has 0 aromatic heterocycles. The van der Waals surface area contributed by atoms with Gasteiger partial charge in [0.05, 0.1) is 43.3 Å². The molecule has 2 fully saturated rings. The van der Waals surface area contributed by atoms with Gasteiger partial charge in [-0.15, -0.1) is 0 Å². The Kier molecular flexibility index (Phi) is 12.2. The van der Waals surface area contributed by atoms with Crippen LogP contribution in [-0.2, 0) is 19.1 Å². The molecule has 0 heterocycles. The van der Waals surface area contributed by atoms with E-state index in [-0.39, 0.29) is 66.0 Å². The summed E-state index contributed by atoms with van der Waals surface area (Å²) in [5.74, 6) is -5.10. The van der Waals surface area contributed by atoms with Gasteiger partial charge in [-0.2, -0.15) is 0 Å². The summed E-state index contributed by atoms with van der Waals surface area (Å²) in [4.78, 5) is 52.8. The molecule has 48 heavy (non-hydrogen) atoms. The van der Waals surface area contributed by atoms with E-state index in [1.165, 1.54) is 0 Å². The fraction of sp³-hybridized carbons (Fsp3) is 0.529. The van der Waals surface area contributed by atoms with Gasteiger partial charge in [0.15, 0.2) is 11.5 Å². The summed E-state index contributed by atoms with van der Waals surface area (Å²) in [5, 5.41) is -1.46. The average Bonchev–Trinajstić information content (AvgIpc) is 3.96. The first-order chi connectivity index (χ1) is 22.4. The second-order valence-electron chi connectivity index (χ2n) is 13.4. The Morgan fingerprint density at radius 3 is 1.17 bits per heavy atom. The molecular weight excluding hydrogens is 749 g/mol. The molecule has 262 valence electrons. The lowest BCUT2D eigenvalue weighted by molar-refractivity contribution is -0.156. The van der Waals surface area contributed by atoms with E-state index in [0.717, 1.165) is 37.8 Å². The molecule has 0 spiro atoms. The van der Waals surface area contributed by atoms with Gasteiger partial charge in [0, 0.05) is 10.8 Å². The van der Waals surface area contributed by atoms with E-state index >= 15 is 0 Å². The molecule has 0 amide bonds. The Labute approximate surface area is 309 Å². The standard InChI is InChI=1S/C34H36Cl6O8/c1-15(2)17(5)33(7-8-33)13-45-29(41)23-25(39)19(35)11-21(37)27(23)47-31(43)32(44)48-28-22(38)12-20(36)26(40)24(28)30(42)46-14-34(9-10-34)18(6)16(3)4/h11-12,15-18H,7-10,13-14H2,1-6H3. The Hall–Kier alpha value is -1.94. The van der Waals surface area contributed by atoms with E-state index < -0.39 is 46.5 Å². The van der Waals surface area contributed by atoms with Gasteiger partial charge in [0.1, 0.15) is 11.1 Å². The van der Waals surface area contributed by atoms with Crippen LogP contribution in [0.1, 0.15) is 87.9 Å². The van der Waals surface area contributed by atoms with Crippen molar-refractivity contribution in [3.8, 4) is 11.5 Å². The van der Waals surface area contributed by atoms with Crippen LogP contribution in [-0.4, -0.2) is 37.1 Å². The van der Waals surface area contributed by atoms with E-state index in [9.17, 15) is 19.2 Å². The zero-order valence-electron chi connectivity index (χ0n) is 27.2. The van der Waals surface area contributed by atoms with Crippen molar-refractivity contribution in [3.63, 3.8) is 0 Å². The minimum Gasteiger partial charge on any atom is -0.461 e. The Balaban J connectivity index is 1.55. The zero-order valence-corrected chi connectivity index (χ0v) is 31.8. The first-order valence-electron chi connectivity index (χ1n) is 15.5. The van der Waals surface area contributed by atoms with Crippen molar-refractivity contribution >= 4 is 93.5 Å². The molecule has 0 saturated heterocycles. The average molecular weight is 785 g/mol. The quantitative estimate of drug-likeness (QED) is 0.0907. The monoisotopic (exact) mass is 782 g/mol. The summed E-state index contributed by atoms with van der Waals surface area (Å²) < 4.78 is 21.7.